The second-order valence-corrected chi connectivity index (χ2v) is 8.27. The highest BCUT2D eigenvalue weighted by atomic mass is 28.2. The maximum Gasteiger partial charge on any atom is 0.193 e. The molecule has 1 aromatic carbocycles. The fraction of sp³-hybridized carbons (Fsp3) is 0.625. The first-order valence-corrected chi connectivity index (χ1v) is 8.78. The van der Waals surface area contributed by atoms with Crippen LogP contribution in [0.1, 0.15) is 38.5 Å². The van der Waals surface area contributed by atoms with Crippen LogP contribution in [0, 0.1) is 17.8 Å². The first-order valence-electron chi connectivity index (χ1n) is 7.49. The summed E-state index contributed by atoms with van der Waals surface area (Å²) in [6.07, 6.45) is 8.65. The lowest BCUT2D eigenvalue weighted by Gasteiger charge is -2.56. The summed E-state index contributed by atoms with van der Waals surface area (Å²) in [5.41, 5.74) is 0.316. The lowest BCUT2D eigenvalue weighted by atomic mass is 9.54. The van der Waals surface area contributed by atoms with Gasteiger partial charge in [0, 0.05) is 0 Å². The van der Waals surface area contributed by atoms with Crippen molar-refractivity contribution in [1.29, 1.82) is 0 Å². The second kappa shape index (κ2) is 4.21. The van der Waals surface area contributed by atoms with Crippen molar-refractivity contribution in [3.05, 3.63) is 30.3 Å². The molecule has 0 atom stereocenters. The molecule has 0 N–H and O–H groups in total. The van der Waals surface area contributed by atoms with Crippen LogP contribution >= 0.6 is 0 Å². The SMILES string of the molecule is c1ccc([SiH2]OC23CC4CC(CC(C4)C2)C3)cc1. The lowest BCUT2D eigenvalue weighted by molar-refractivity contribution is -0.106. The minimum atomic E-state index is -0.515. The van der Waals surface area contributed by atoms with E-state index in [0.717, 1.165) is 17.8 Å². The maximum atomic E-state index is 6.57. The molecule has 18 heavy (non-hydrogen) atoms. The summed E-state index contributed by atoms with van der Waals surface area (Å²) in [6.45, 7) is 0. The predicted molar refractivity (Wildman–Crippen MR) is 76.6 cm³/mol. The van der Waals surface area contributed by atoms with Crippen LogP contribution in [0.4, 0.5) is 0 Å². The third kappa shape index (κ3) is 1.96. The minimum absolute atomic E-state index is 0.316. The van der Waals surface area contributed by atoms with Gasteiger partial charge in [0.1, 0.15) is 0 Å². The summed E-state index contributed by atoms with van der Waals surface area (Å²) in [6, 6.07) is 10.9. The van der Waals surface area contributed by atoms with E-state index in [-0.39, 0.29) is 0 Å². The molecule has 1 nitrogen and oxygen atoms in total. The van der Waals surface area contributed by atoms with E-state index in [1.165, 1.54) is 43.7 Å². The van der Waals surface area contributed by atoms with E-state index in [0.29, 0.717) is 5.60 Å². The monoisotopic (exact) mass is 258 g/mol. The van der Waals surface area contributed by atoms with Gasteiger partial charge in [0.2, 0.25) is 0 Å². The molecular weight excluding hydrogens is 236 g/mol. The van der Waals surface area contributed by atoms with Gasteiger partial charge in [-0.1, -0.05) is 30.3 Å². The highest BCUT2D eigenvalue weighted by molar-refractivity contribution is 6.47. The fourth-order valence-electron chi connectivity index (χ4n) is 5.02. The molecule has 0 unspecified atom stereocenters. The number of rotatable bonds is 3. The maximum absolute atomic E-state index is 6.57. The van der Waals surface area contributed by atoms with Gasteiger partial charge in [-0.05, 0) is 61.5 Å². The van der Waals surface area contributed by atoms with E-state index < -0.39 is 9.76 Å². The molecule has 4 fully saturated rings. The van der Waals surface area contributed by atoms with Crippen molar-refractivity contribution in [2.24, 2.45) is 17.8 Å². The van der Waals surface area contributed by atoms with Crippen LogP contribution in [0.25, 0.3) is 0 Å². The number of benzene rings is 1. The summed E-state index contributed by atoms with van der Waals surface area (Å²) < 4.78 is 6.57. The van der Waals surface area contributed by atoms with Gasteiger partial charge < -0.3 is 4.43 Å². The summed E-state index contributed by atoms with van der Waals surface area (Å²) in [5.74, 6) is 3.00. The fourth-order valence-corrected chi connectivity index (χ4v) is 6.31. The van der Waals surface area contributed by atoms with E-state index in [9.17, 15) is 0 Å². The van der Waals surface area contributed by atoms with Gasteiger partial charge in [-0.2, -0.15) is 0 Å². The van der Waals surface area contributed by atoms with Crippen LogP contribution < -0.4 is 5.19 Å². The first-order chi connectivity index (χ1) is 8.81. The summed E-state index contributed by atoms with van der Waals surface area (Å²) in [4.78, 5) is 0. The Morgan fingerprint density at radius 2 is 1.44 bits per heavy atom. The Hall–Kier alpha value is -0.603. The number of hydrogen-bond acceptors (Lipinski definition) is 1. The smallest absolute Gasteiger partial charge is 0.193 e. The zero-order chi connectivity index (χ0) is 12.0. The van der Waals surface area contributed by atoms with Gasteiger partial charge in [0.05, 0.1) is 5.60 Å². The van der Waals surface area contributed by atoms with Crippen LogP contribution in [0.3, 0.4) is 0 Å². The Morgan fingerprint density at radius 3 is 2.00 bits per heavy atom. The van der Waals surface area contributed by atoms with Crippen LogP contribution in [-0.2, 0) is 4.43 Å². The molecule has 4 saturated carbocycles. The topological polar surface area (TPSA) is 9.23 Å². The largest absolute Gasteiger partial charge is 0.413 e. The van der Waals surface area contributed by atoms with Gasteiger partial charge in [-0.25, -0.2) is 0 Å². The molecule has 4 aliphatic carbocycles. The molecule has 0 aromatic heterocycles. The molecule has 4 bridgehead atoms. The van der Waals surface area contributed by atoms with Crippen molar-refractivity contribution < 1.29 is 4.43 Å². The van der Waals surface area contributed by atoms with E-state index in [4.69, 9.17) is 4.43 Å². The zero-order valence-electron chi connectivity index (χ0n) is 11.0. The van der Waals surface area contributed by atoms with Crippen LogP contribution in [0.15, 0.2) is 30.3 Å². The van der Waals surface area contributed by atoms with E-state index in [1.54, 1.807) is 0 Å². The molecule has 2 heteroatoms. The Labute approximate surface area is 112 Å². The highest BCUT2D eigenvalue weighted by Gasteiger charge is 2.51. The Balaban J connectivity index is 1.48. The molecular formula is C16H22OSi. The van der Waals surface area contributed by atoms with Gasteiger partial charge in [0.15, 0.2) is 9.76 Å². The molecule has 4 aliphatic rings. The second-order valence-electron chi connectivity index (χ2n) is 6.87. The van der Waals surface area contributed by atoms with E-state index in [1.807, 2.05) is 0 Å². The van der Waals surface area contributed by atoms with Crippen molar-refractivity contribution in [2.45, 2.75) is 44.1 Å². The molecule has 0 amide bonds. The Morgan fingerprint density at radius 1 is 0.889 bits per heavy atom. The third-order valence-electron chi connectivity index (χ3n) is 5.37. The quantitative estimate of drug-likeness (QED) is 0.757. The highest BCUT2D eigenvalue weighted by Crippen LogP contribution is 2.56. The van der Waals surface area contributed by atoms with E-state index in [2.05, 4.69) is 30.3 Å². The van der Waals surface area contributed by atoms with Gasteiger partial charge >= 0.3 is 0 Å². The van der Waals surface area contributed by atoms with Crippen molar-refractivity contribution in [2.75, 3.05) is 0 Å². The minimum Gasteiger partial charge on any atom is -0.413 e. The molecule has 0 aliphatic heterocycles. The molecule has 0 spiro atoms. The first kappa shape index (κ1) is 11.2. The van der Waals surface area contributed by atoms with Crippen LogP contribution in [0.5, 0.6) is 0 Å². The normalized spacial score (nSPS) is 41.9. The average molecular weight is 258 g/mol. The van der Waals surface area contributed by atoms with Crippen molar-refractivity contribution in [3.8, 4) is 0 Å². The van der Waals surface area contributed by atoms with Crippen molar-refractivity contribution in [1.82, 2.24) is 0 Å². The van der Waals surface area contributed by atoms with E-state index >= 15 is 0 Å². The number of hydrogen-bond donors (Lipinski definition) is 0. The molecule has 96 valence electrons. The molecule has 5 rings (SSSR count). The molecule has 0 radical (unpaired) electrons. The summed E-state index contributed by atoms with van der Waals surface area (Å²) in [5, 5.41) is 1.47. The van der Waals surface area contributed by atoms with Crippen molar-refractivity contribution >= 4 is 14.9 Å². The van der Waals surface area contributed by atoms with Gasteiger partial charge in [0.25, 0.3) is 0 Å². The Bertz CT molecular complexity index is 393. The zero-order valence-corrected chi connectivity index (χ0v) is 12.4. The van der Waals surface area contributed by atoms with Crippen molar-refractivity contribution in [3.63, 3.8) is 0 Å². The predicted octanol–water partition coefficient (Wildman–Crippen LogP) is 2.38. The third-order valence-corrected chi connectivity index (χ3v) is 6.93. The summed E-state index contributed by atoms with van der Waals surface area (Å²) in [7, 11) is -0.515. The molecule has 0 saturated heterocycles. The van der Waals surface area contributed by atoms with Crippen LogP contribution in [0.2, 0.25) is 0 Å². The Kier molecular flexibility index (Phi) is 2.63. The molecule has 0 heterocycles. The van der Waals surface area contributed by atoms with Gasteiger partial charge in [-0.15, -0.1) is 0 Å². The summed E-state index contributed by atoms with van der Waals surface area (Å²) >= 11 is 0. The lowest BCUT2D eigenvalue weighted by Crippen LogP contribution is -2.53. The standard InChI is InChI=1S/C16H22OSi/c1-2-4-15(5-3-1)18-17-16-9-12-6-13(10-16)8-14(7-12)11-16/h1-5,12-14H,6-11,18H2. The van der Waals surface area contributed by atoms with Crippen LogP contribution in [-0.4, -0.2) is 15.4 Å². The van der Waals surface area contributed by atoms with Gasteiger partial charge in [-0.3, -0.25) is 0 Å². The molecule has 1 aromatic rings. The average Bonchev–Trinajstić information content (AvgIpc) is 2.36.